The van der Waals surface area contributed by atoms with Crippen molar-refractivity contribution in [3.05, 3.63) is 304 Å². The van der Waals surface area contributed by atoms with Crippen LogP contribution in [0.4, 0.5) is 0 Å². The lowest BCUT2D eigenvalue weighted by atomic mass is 9.90. The van der Waals surface area contributed by atoms with E-state index in [-0.39, 0.29) is 95.4 Å². The number of guanidine groups is 1. The zero-order chi connectivity index (χ0) is 88.9. The first-order valence-electron chi connectivity index (χ1n) is 46.2. The lowest BCUT2D eigenvalue weighted by Crippen LogP contribution is -2.49. The number of hydrogen-bond donors (Lipinski definition) is 9. The smallest absolute Gasteiger partial charge is 0.251 e. The molecule has 5 aliphatic heterocycles. The Morgan fingerprint density at radius 2 is 0.811 bits per heavy atom. The lowest BCUT2D eigenvalue weighted by Gasteiger charge is -2.30. The molecule has 0 spiro atoms. The minimum absolute atomic E-state index is 0.0158. The van der Waals surface area contributed by atoms with Crippen LogP contribution in [0.25, 0.3) is 16.8 Å². The van der Waals surface area contributed by atoms with Crippen molar-refractivity contribution in [2.75, 3.05) is 105 Å². The molecule has 0 radical (unpaired) electrons. The summed E-state index contributed by atoms with van der Waals surface area (Å²) in [6, 6.07) is 79.5. The van der Waals surface area contributed by atoms with Gasteiger partial charge < -0.3 is 73.2 Å². The summed E-state index contributed by atoms with van der Waals surface area (Å²) in [7, 11) is 0. The molecule has 0 saturated carbocycles. The van der Waals surface area contributed by atoms with Crippen molar-refractivity contribution < 1.29 is 33.6 Å². The molecule has 7 amide bonds. The molecule has 5 aliphatic rings. The Kier molecular flexibility index (Phi) is 37.2. The molecule has 127 heavy (non-hydrogen) atoms. The summed E-state index contributed by atoms with van der Waals surface area (Å²) >= 11 is 0. The van der Waals surface area contributed by atoms with Gasteiger partial charge in [0.15, 0.2) is 5.96 Å². The number of aryl methyl sites for hydroxylation is 2. The zero-order valence-electron chi connectivity index (χ0n) is 74.6. The molecule has 0 aliphatic carbocycles. The van der Waals surface area contributed by atoms with Crippen molar-refractivity contribution in [1.82, 2.24) is 61.7 Å². The molecule has 0 aromatic heterocycles. The van der Waals surface area contributed by atoms with Crippen LogP contribution in [0.2, 0.25) is 0 Å². The third-order valence-electron chi connectivity index (χ3n) is 25.3. The second-order valence-corrected chi connectivity index (χ2v) is 34.7. The second-order valence-electron chi connectivity index (χ2n) is 34.7. The molecule has 7 atom stereocenters. The van der Waals surface area contributed by atoms with E-state index < -0.39 is 6.04 Å². The van der Waals surface area contributed by atoms with Crippen LogP contribution in [0.1, 0.15) is 186 Å². The molecule has 22 heteroatoms. The van der Waals surface area contributed by atoms with E-state index in [1.807, 2.05) is 159 Å². The predicted octanol–water partition coefficient (Wildman–Crippen LogP) is 13.2. The van der Waals surface area contributed by atoms with Gasteiger partial charge in [-0.3, -0.25) is 38.6 Å². The first-order chi connectivity index (χ1) is 61.9. The fourth-order valence-corrected chi connectivity index (χ4v) is 18.0. The highest BCUT2D eigenvalue weighted by atomic mass is 16.2. The molecule has 14 rings (SSSR count). The lowest BCUT2D eigenvalue weighted by molar-refractivity contribution is -0.134. The molecule has 9 aromatic rings. The minimum Gasteiger partial charge on any atom is -0.370 e. The van der Waals surface area contributed by atoms with E-state index >= 15 is 0 Å². The van der Waals surface area contributed by atoms with Gasteiger partial charge in [-0.1, -0.05) is 231 Å². The number of nitrogens with zero attached hydrogens (tertiary/aromatic N) is 6. The third-order valence-corrected chi connectivity index (χ3v) is 25.3. The highest BCUT2D eigenvalue weighted by Gasteiger charge is 2.37. The van der Waals surface area contributed by atoms with Gasteiger partial charge in [0.1, 0.15) is 0 Å². The van der Waals surface area contributed by atoms with Crippen LogP contribution in [0.15, 0.2) is 254 Å². The van der Waals surface area contributed by atoms with E-state index in [0.717, 1.165) is 79.1 Å². The topological polar surface area (TPSA) is 284 Å². The quantitative estimate of drug-likeness (QED) is 0.00785. The average Bonchev–Trinajstić information content (AvgIpc) is 1.81. The number of nitrogens with one attached hydrogen (secondary N) is 7. The van der Waals surface area contributed by atoms with Crippen LogP contribution in [0, 0.1) is 13.8 Å². The van der Waals surface area contributed by atoms with Gasteiger partial charge in [-0.25, -0.2) is 0 Å². The van der Waals surface area contributed by atoms with Crippen molar-refractivity contribution >= 4 is 64.2 Å². The Bertz CT molecular complexity index is 4900. The number of carbonyl (C=O) groups excluding carboxylic acids is 7. The van der Waals surface area contributed by atoms with Crippen LogP contribution < -0.4 is 48.7 Å². The fourth-order valence-electron chi connectivity index (χ4n) is 18.0. The number of likely N-dealkylation sites (tertiary alicyclic amines) is 2. The third kappa shape index (κ3) is 30.0. The number of piperidine rings is 2. The number of benzene rings is 9. The van der Waals surface area contributed by atoms with Gasteiger partial charge in [-0.2, -0.15) is 0 Å². The van der Waals surface area contributed by atoms with E-state index in [4.69, 9.17) is 11.5 Å². The molecule has 0 unspecified atom stereocenters. The van der Waals surface area contributed by atoms with Gasteiger partial charge in [0, 0.05) is 120 Å². The average molecular weight is 1720 g/mol. The highest BCUT2D eigenvalue weighted by molar-refractivity contribution is 5.99. The second kappa shape index (κ2) is 50.0. The highest BCUT2D eigenvalue weighted by Crippen LogP contribution is 2.31. The number of rotatable bonds is 34. The molecule has 11 N–H and O–H groups in total. The maximum Gasteiger partial charge on any atom is 0.251 e. The number of aliphatic imine (C=N–C) groups is 1. The van der Waals surface area contributed by atoms with Gasteiger partial charge in [0.2, 0.25) is 29.5 Å². The van der Waals surface area contributed by atoms with Crippen molar-refractivity contribution in [2.24, 2.45) is 16.5 Å². The standard InChI is InChI=1S/C37H48N4O2.C37H46N4O2.C31H39N7O3/c1-28-18-19-32(25-29(28)2)36(42)38-26-33-20-24-41(37(43)35(39-33)17-12-23-40-21-10-5-11-22-40)27-34(30-13-6-3-7-14-30)31-15-8-4-9-16-31;42-36(22-21-30-14-5-1-6-15-30)38-28-33-23-27-41(37(43)35(39-33)20-13-26-40-24-11-4-12-25-40)29-34(31-16-7-2-8-17-31)32-18-9-3-10-19-32;1-21(39)36-28(23-9-3-2-4-10-23)20-38-17-15-26(37-27(30(38)41)12-7-16-34-31(32)33)19-35-29(40)25-14-13-22-8-5-6-11-24(22)18-25/h3-4,6-9,13-16,18-19,25,33-35,39H,5,10-12,17,20-24,26-27H2,1-2H3,(H,38,42);1-3,5-10,14-19,21-22,33-35,39H,4,11-13,20,23-29H2,(H,38,42);2-6,8-11,13-14,18,26-28,37H,7,12,15-17,19-20H2,1H3,(H,35,40)(H,36,39)(H4,32,33,34)/b;22-21+;/t2*33-,35-;26-,27-,28+/m000/s1. The van der Waals surface area contributed by atoms with E-state index in [0.29, 0.717) is 95.8 Å². The zero-order valence-corrected chi connectivity index (χ0v) is 74.6. The van der Waals surface area contributed by atoms with Crippen molar-refractivity contribution in [3.8, 4) is 0 Å². The van der Waals surface area contributed by atoms with Gasteiger partial charge in [-0.05, 0) is 222 Å². The number of nitrogens with two attached hydrogens (primary N) is 2. The maximum atomic E-state index is 14.2. The molecule has 5 fully saturated rings. The summed E-state index contributed by atoms with van der Waals surface area (Å²) in [4.78, 5) is 108. The fraction of sp³-hybridized carbons (Fsp3) is 0.410. The summed E-state index contributed by atoms with van der Waals surface area (Å²) in [5.74, 6) is 0.00543. The van der Waals surface area contributed by atoms with Crippen LogP contribution >= 0.6 is 0 Å². The Balaban J connectivity index is 0.000000173. The molecule has 5 saturated heterocycles. The van der Waals surface area contributed by atoms with Crippen LogP contribution in [-0.4, -0.2) is 213 Å². The van der Waals surface area contributed by atoms with Gasteiger partial charge in [-0.15, -0.1) is 0 Å². The molecular formula is C105H133N15O7. The summed E-state index contributed by atoms with van der Waals surface area (Å²) in [5.41, 5.74) is 21.3. The predicted molar refractivity (Wildman–Crippen MR) is 510 cm³/mol. The molecule has 5 heterocycles. The normalized spacial score (nSPS) is 19.2. The van der Waals surface area contributed by atoms with Gasteiger partial charge >= 0.3 is 0 Å². The Morgan fingerprint density at radius 1 is 0.425 bits per heavy atom. The Labute approximate surface area is 752 Å². The molecule has 22 nitrogen and oxygen atoms in total. The molecule has 9 aromatic carbocycles. The number of carbonyl (C=O) groups is 7. The Hall–Kier alpha value is -11.7. The maximum absolute atomic E-state index is 14.2. The van der Waals surface area contributed by atoms with E-state index in [1.165, 1.54) is 99.4 Å². The Morgan fingerprint density at radius 3 is 1.24 bits per heavy atom. The summed E-state index contributed by atoms with van der Waals surface area (Å²) in [6.45, 7) is 17.5. The van der Waals surface area contributed by atoms with Crippen molar-refractivity contribution in [2.45, 2.75) is 171 Å². The molecule has 670 valence electrons. The van der Waals surface area contributed by atoms with Gasteiger partial charge in [0.05, 0.1) is 24.2 Å². The number of amides is 7. The van der Waals surface area contributed by atoms with E-state index in [9.17, 15) is 33.6 Å². The number of fused-ring (bicyclic) bond motifs is 1. The summed E-state index contributed by atoms with van der Waals surface area (Å²) < 4.78 is 0. The summed E-state index contributed by atoms with van der Waals surface area (Å²) in [6.07, 6.45) is 18.1. The first-order valence-corrected chi connectivity index (χ1v) is 46.2. The van der Waals surface area contributed by atoms with Crippen LogP contribution in [-0.2, 0) is 24.0 Å². The number of hydrogen-bond acceptors (Lipinski definition) is 13. The first kappa shape index (κ1) is 94.5. The SMILES string of the molecule is CC(=O)N[C@H](CN1CC[C@@H](CNC(=O)c2ccc3ccccc3c2)N[C@@H](CCCN=C(N)N)C1=O)c1ccccc1.Cc1ccc(C(=O)NC[C@@H]2CCN(CC(c3ccccc3)c3ccccc3)C(=O)[C@H](CCCN3CCCCC3)N2)cc1C.O=C(/C=C/c1ccccc1)NC[C@@H]1CCN(CC(c2ccccc2)c2ccccc2)C(=O)[C@H](CCCN2CCCCC2)N1. The largest absolute Gasteiger partial charge is 0.370 e. The van der Waals surface area contributed by atoms with E-state index in [1.54, 1.807) is 11.0 Å². The van der Waals surface area contributed by atoms with E-state index in [2.05, 4.69) is 166 Å². The molecular weight excluding hydrogens is 1580 g/mol. The summed E-state index contributed by atoms with van der Waals surface area (Å²) in [5, 5.41) is 25.2. The van der Waals surface area contributed by atoms with Crippen LogP contribution in [0.5, 0.6) is 0 Å². The monoisotopic (exact) mass is 1720 g/mol. The molecule has 0 bridgehead atoms. The van der Waals surface area contributed by atoms with Gasteiger partial charge in [0.25, 0.3) is 11.8 Å². The van der Waals surface area contributed by atoms with Crippen molar-refractivity contribution in [1.29, 1.82) is 0 Å². The van der Waals surface area contributed by atoms with Crippen LogP contribution in [0.3, 0.4) is 0 Å². The minimum atomic E-state index is -0.483. The van der Waals surface area contributed by atoms with Crippen molar-refractivity contribution in [3.63, 3.8) is 0 Å².